The Balaban J connectivity index is 1.97. The molecule has 1 N–H and O–H groups in total. The number of halogens is 3. The molecule has 10 heteroatoms. The molecule has 0 aliphatic carbocycles. The van der Waals surface area contributed by atoms with Crippen molar-refractivity contribution in [1.82, 2.24) is 20.0 Å². The lowest BCUT2D eigenvalue weighted by Gasteiger charge is -2.02. The largest absolute Gasteiger partial charge is 0.435 e. The quantitative estimate of drug-likeness (QED) is 0.934. The van der Waals surface area contributed by atoms with E-state index in [0.29, 0.717) is 10.1 Å². The van der Waals surface area contributed by atoms with Gasteiger partial charge in [-0.25, -0.2) is 0 Å². The summed E-state index contributed by atoms with van der Waals surface area (Å²) in [6.45, 7) is 1.39. The first kappa shape index (κ1) is 13.5. The molecule has 0 unspecified atom stereocenters. The van der Waals surface area contributed by atoms with E-state index < -0.39 is 17.8 Å². The van der Waals surface area contributed by atoms with E-state index in [2.05, 4.69) is 20.6 Å². The maximum absolute atomic E-state index is 12.3. The maximum Gasteiger partial charge on any atom is 0.435 e. The number of anilines is 1. The van der Waals surface area contributed by atoms with Gasteiger partial charge < -0.3 is 0 Å². The Morgan fingerprint density at radius 2 is 2.21 bits per heavy atom. The third kappa shape index (κ3) is 3.50. The van der Waals surface area contributed by atoms with Crippen LogP contribution in [-0.2, 0) is 17.5 Å². The van der Waals surface area contributed by atoms with Crippen LogP contribution >= 0.6 is 11.3 Å². The van der Waals surface area contributed by atoms with E-state index in [4.69, 9.17) is 0 Å². The van der Waals surface area contributed by atoms with Gasteiger partial charge in [-0.2, -0.15) is 18.3 Å². The first-order valence-electron chi connectivity index (χ1n) is 5.05. The van der Waals surface area contributed by atoms with E-state index >= 15 is 0 Å². The smallest absolute Gasteiger partial charge is 0.299 e. The first-order valence-corrected chi connectivity index (χ1v) is 5.87. The van der Waals surface area contributed by atoms with Gasteiger partial charge in [-0.15, -0.1) is 10.2 Å². The van der Waals surface area contributed by atoms with Gasteiger partial charge in [-0.1, -0.05) is 11.3 Å². The van der Waals surface area contributed by atoms with Gasteiger partial charge in [0.1, 0.15) is 11.6 Å². The fourth-order valence-electron chi connectivity index (χ4n) is 1.25. The lowest BCUT2D eigenvalue weighted by Crippen LogP contribution is -2.19. The zero-order valence-electron chi connectivity index (χ0n) is 9.60. The number of aromatic nitrogens is 4. The van der Waals surface area contributed by atoms with Crippen LogP contribution in [-0.4, -0.2) is 25.9 Å². The van der Waals surface area contributed by atoms with Crippen molar-refractivity contribution in [3.05, 3.63) is 23.0 Å². The van der Waals surface area contributed by atoms with Crippen LogP contribution in [0.15, 0.2) is 12.3 Å². The molecule has 0 aliphatic rings. The number of amides is 1. The Kier molecular flexibility index (Phi) is 3.51. The highest BCUT2D eigenvalue weighted by Crippen LogP contribution is 2.27. The zero-order valence-corrected chi connectivity index (χ0v) is 10.4. The van der Waals surface area contributed by atoms with Crippen molar-refractivity contribution in [3.63, 3.8) is 0 Å². The zero-order chi connectivity index (χ0) is 14.0. The van der Waals surface area contributed by atoms with E-state index in [-0.39, 0.29) is 6.54 Å². The number of hydrogen-bond acceptors (Lipinski definition) is 5. The standard InChI is InChI=1S/C9H8F3N5OS/c1-5-14-15-8(19-5)13-7(18)4-17-3-2-6(16-17)9(10,11)12/h2-3H,4H2,1H3,(H,13,15,18). The second-order valence-electron chi connectivity index (χ2n) is 3.57. The van der Waals surface area contributed by atoms with Crippen molar-refractivity contribution in [2.45, 2.75) is 19.6 Å². The Morgan fingerprint density at radius 3 is 2.74 bits per heavy atom. The third-order valence-electron chi connectivity index (χ3n) is 2.01. The molecule has 0 bridgehead atoms. The molecule has 19 heavy (non-hydrogen) atoms. The molecule has 0 aliphatic heterocycles. The summed E-state index contributed by atoms with van der Waals surface area (Å²) in [6, 6.07) is 0.808. The lowest BCUT2D eigenvalue weighted by molar-refractivity contribution is -0.141. The highest BCUT2D eigenvalue weighted by Gasteiger charge is 2.33. The van der Waals surface area contributed by atoms with Gasteiger partial charge in [0, 0.05) is 6.20 Å². The van der Waals surface area contributed by atoms with Crippen molar-refractivity contribution in [2.24, 2.45) is 0 Å². The molecule has 0 fully saturated rings. The van der Waals surface area contributed by atoms with Crippen LogP contribution in [0.3, 0.4) is 0 Å². The number of carbonyl (C=O) groups is 1. The summed E-state index contributed by atoms with van der Waals surface area (Å²) in [6.07, 6.45) is -3.42. The summed E-state index contributed by atoms with van der Waals surface area (Å²) in [7, 11) is 0. The molecule has 0 atom stereocenters. The minimum atomic E-state index is -4.52. The number of nitrogens with one attached hydrogen (secondary N) is 1. The summed E-state index contributed by atoms with van der Waals surface area (Å²) in [4.78, 5) is 11.5. The molecule has 0 spiro atoms. The number of carbonyl (C=O) groups excluding carboxylic acids is 1. The second kappa shape index (κ2) is 4.96. The minimum absolute atomic E-state index is 0.297. The predicted octanol–water partition coefficient (Wildman–Crippen LogP) is 1.70. The highest BCUT2D eigenvalue weighted by atomic mass is 32.1. The van der Waals surface area contributed by atoms with Crippen molar-refractivity contribution in [2.75, 3.05) is 5.32 Å². The van der Waals surface area contributed by atoms with Crippen LogP contribution in [0.2, 0.25) is 0 Å². The summed E-state index contributed by atoms with van der Waals surface area (Å²) < 4.78 is 37.8. The Labute approximate surface area is 109 Å². The SMILES string of the molecule is Cc1nnc(NC(=O)Cn2ccc(C(F)(F)F)n2)s1. The summed E-state index contributed by atoms with van der Waals surface area (Å²) in [5, 5.41) is 14.0. The van der Waals surface area contributed by atoms with Gasteiger partial charge in [-0.05, 0) is 13.0 Å². The van der Waals surface area contributed by atoms with Crippen molar-refractivity contribution < 1.29 is 18.0 Å². The molecule has 0 aromatic carbocycles. The molecule has 6 nitrogen and oxygen atoms in total. The number of hydrogen-bond donors (Lipinski definition) is 1. The number of alkyl halides is 3. The average Bonchev–Trinajstić information content (AvgIpc) is 2.87. The Morgan fingerprint density at radius 1 is 1.47 bits per heavy atom. The topological polar surface area (TPSA) is 72.7 Å². The molecule has 2 heterocycles. The Bertz CT molecular complexity index is 591. The predicted molar refractivity (Wildman–Crippen MR) is 60.5 cm³/mol. The minimum Gasteiger partial charge on any atom is -0.299 e. The van der Waals surface area contributed by atoms with Gasteiger partial charge in [0.05, 0.1) is 0 Å². The highest BCUT2D eigenvalue weighted by molar-refractivity contribution is 7.15. The van der Waals surface area contributed by atoms with Gasteiger partial charge in [0.15, 0.2) is 5.69 Å². The lowest BCUT2D eigenvalue weighted by atomic mass is 10.4. The molecule has 2 aromatic heterocycles. The fraction of sp³-hybridized carbons (Fsp3) is 0.333. The number of aryl methyl sites for hydroxylation is 1. The summed E-state index contributed by atoms with van der Waals surface area (Å²) in [5.74, 6) is -0.520. The molecular formula is C9H8F3N5OS. The number of rotatable bonds is 3. The van der Waals surface area contributed by atoms with Gasteiger partial charge in [0.25, 0.3) is 0 Å². The van der Waals surface area contributed by atoms with Crippen LogP contribution in [0, 0.1) is 6.92 Å². The monoisotopic (exact) mass is 291 g/mol. The van der Waals surface area contributed by atoms with Crippen LogP contribution in [0.25, 0.3) is 0 Å². The van der Waals surface area contributed by atoms with Crippen LogP contribution in [0.1, 0.15) is 10.7 Å². The first-order chi connectivity index (χ1) is 8.84. The van der Waals surface area contributed by atoms with Crippen molar-refractivity contribution >= 4 is 22.4 Å². The molecule has 102 valence electrons. The van der Waals surface area contributed by atoms with E-state index in [9.17, 15) is 18.0 Å². The van der Waals surface area contributed by atoms with E-state index in [1.165, 1.54) is 11.3 Å². The molecule has 1 amide bonds. The summed E-state index contributed by atoms with van der Waals surface area (Å²) in [5.41, 5.74) is -1.04. The second-order valence-corrected chi connectivity index (χ2v) is 4.75. The average molecular weight is 291 g/mol. The third-order valence-corrected chi connectivity index (χ3v) is 2.76. The number of nitrogens with zero attached hydrogens (tertiary/aromatic N) is 4. The van der Waals surface area contributed by atoms with Crippen LogP contribution in [0.4, 0.5) is 18.3 Å². The van der Waals surface area contributed by atoms with E-state index in [0.717, 1.165) is 16.9 Å². The summed E-state index contributed by atoms with van der Waals surface area (Å²) >= 11 is 1.17. The van der Waals surface area contributed by atoms with Crippen LogP contribution < -0.4 is 5.32 Å². The normalized spacial score (nSPS) is 11.6. The Hall–Kier alpha value is -1.97. The van der Waals surface area contributed by atoms with Gasteiger partial charge >= 0.3 is 6.18 Å². The fourth-order valence-corrected chi connectivity index (χ4v) is 1.86. The van der Waals surface area contributed by atoms with Crippen LogP contribution in [0.5, 0.6) is 0 Å². The molecule has 0 saturated carbocycles. The molecule has 2 rings (SSSR count). The molecule has 0 saturated heterocycles. The van der Waals surface area contributed by atoms with E-state index in [1.807, 2.05) is 0 Å². The van der Waals surface area contributed by atoms with E-state index in [1.54, 1.807) is 6.92 Å². The van der Waals surface area contributed by atoms with Crippen molar-refractivity contribution in [1.29, 1.82) is 0 Å². The maximum atomic E-state index is 12.3. The molecule has 0 radical (unpaired) electrons. The molecule has 2 aromatic rings. The molecular weight excluding hydrogens is 283 g/mol. The van der Waals surface area contributed by atoms with Gasteiger partial charge in [0.2, 0.25) is 11.0 Å². The van der Waals surface area contributed by atoms with Gasteiger partial charge in [-0.3, -0.25) is 14.8 Å². The van der Waals surface area contributed by atoms with Crippen molar-refractivity contribution in [3.8, 4) is 0 Å².